The third kappa shape index (κ3) is 1.80. The number of piperidine rings is 1. The molecule has 3 heteroatoms. The van der Waals surface area contributed by atoms with Crippen LogP contribution in [0.2, 0.25) is 0 Å². The standard InChI is InChI=1S/C14H18N2O/c1-17-14-10-16(11-6-8-15-9-7-11)13-5-3-2-4-12(13)14/h2-5,10-11,15H,6-9H2,1H3. The Balaban J connectivity index is 2.08. The number of methoxy groups -OCH3 is 1. The number of nitrogens with zero attached hydrogens (tertiary/aromatic N) is 1. The number of nitrogens with one attached hydrogen (secondary N) is 1. The highest BCUT2D eigenvalue weighted by molar-refractivity contribution is 5.86. The van der Waals surface area contributed by atoms with Gasteiger partial charge in [-0.05, 0) is 38.1 Å². The summed E-state index contributed by atoms with van der Waals surface area (Å²) in [4.78, 5) is 0. The van der Waals surface area contributed by atoms with Gasteiger partial charge in [0.25, 0.3) is 0 Å². The van der Waals surface area contributed by atoms with Gasteiger partial charge in [-0.1, -0.05) is 12.1 Å². The quantitative estimate of drug-likeness (QED) is 0.858. The largest absolute Gasteiger partial charge is 0.495 e. The highest BCUT2D eigenvalue weighted by Crippen LogP contribution is 2.32. The summed E-state index contributed by atoms with van der Waals surface area (Å²) in [7, 11) is 1.74. The Hall–Kier alpha value is -1.48. The molecule has 1 fully saturated rings. The zero-order valence-corrected chi connectivity index (χ0v) is 10.1. The van der Waals surface area contributed by atoms with Crippen LogP contribution in [0.4, 0.5) is 0 Å². The van der Waals surface area contributed by atoms with E-state index in [1.165, 1.54) is 23.7 Å². The molecular formula is C14H18N2O. The van der Waals surface area contributed by atoms with E-state index in [9.17, 15) is 0 Å². The predicted octanol–water partition coefficient (Wildman–Crippen LogP) is 2.57. The second-order valence-corrected chi connectivity index (χ2v) is 4.60. The molecule has 1 aromatic heterocycles. The molecule has 2 heterocycles. The van der Waals surface area contributed by atoms with Gasteiger partial charge >= 0.3 is 0 Å². The maximum absolute atomic E-state index is 5.46. The van der Waals surface area contributed by atoms with Gasteiger partial charge < -0.3 is 14.6 Å². The van der Waals surface area contributed by atoms with E-state index < -0.39 is 0 Å². The zero-order chi connectivity index (χ0) is 11.7. The molecular weight excluding hydrogens is 212 g/mol. The van der Waals surface area contributed by atoms with E-state index in [0.717, 1.165) is 18.8 Å². The molecule has 0 saturated carbocycles. The molecule has 0 radical (unpaired) electrons. The van der Waals surface area contributed by atoms with Crippen molar-refractivity contribution >= 4 is 10.9 Å². The Bertz CT molecular complexity index is 512. The van der Waals surface area contributed by atoms with E-state index in [1.54, 1.807) is 7.11 Å². The van der Waals surface area contributed by atoms with Crippen molar-refractivity contribution in [1.82, 2.24) is 9.88 Å². The van der Waals surface area contributed by atoms with Gasteiger partial charge in [-0.3, -0.25) is 0 Å². The normalized spacial score (nSPS) is 17.5. The van der Waals surface area contributed by atoms with Crippen molar-refractivity contribution in [3.63, 3.8) is 0 Å². The summed E-state index contributed by atoms with van der Waals surface area (Å²) in [6, 6.07) is 9.08. The first kappa shape index (κ1) is 10.7. The number of hydrogen-bond acceptors (Lipinski definition) is 2. The number of hydrogen-bond donors (Lipinski definition) is 1. The van der Waals surface area contributed by atoms with Crippen LogP contribution in [0.1, 0.15) is 18.9 Å². The van der Waals surface area contributed by atoms with Gasteiger partial charge in [0.05, 0.1) is 12.6 Å². The number of para-hydroxylation sites is 1. The van der Waals surface area contributed by atoms with Crippen LogP contribution in [-0.2, 0) is 0 Å². The van der Waals surface area contributed by atoms with E-state index in [-0.39, 0.29) is 0 Å². The summed E-state index contributed by atoms with van der Waals surface area (Å²) in [5.74, 6) is 0.985. The number of benzene rings is 1. The first-order valence-electron chi connectivity index (χ1n) is 6.24. The van der Waals surface area contributed by atoms with Gasteiger partial charge in [0, 0.05) is 17.6 Å². The fourth-order valence-corrected chi connectivity index (χ4v) is 2.72. The summed E-state index contributed by atoms with van der Waals surface area (Å²) >= 11 is 0. The fourth-order valence-electron chi connectivity index (χ4n) is 2.72. The molecule has 90 valence electrons. The van der Waals surface area contributed by atoms with Crippen molar-refractivity contribution in [3.05, 3.63) is 30.5 Å². The van der Waals surface area contributed by atoms with Crippen LogP contribution >= 0.6 is 0 Å². The van der Waals surface area contributed by atoms with Gasteiger partial charge in [0.15, 0.2) is 0 Å². The maximum atomic E-state index is 5.46. The Kier molecular flexibility index (Phi) is 2.77. The molecule has 0 unspecified atom stereocenters. The number of ether oxygens (including phenoxy) is 1. The maximum Gasteiger partial charge on any atom is 0.144 e. The fraction of sp³-hybridized carbons (Fsp3) is 0.429. The lowest BCUT2D eigenvalue weighted by Gasteiger charge is -2.24. The van der Waals surface area contributed by atoms with Crippen LogP contribution in [0.3, 0.4) is 0 Å². The molecule has 3 rings (SSSR count). The van der Waals surface area contributed by atoms with Crippen molar-refractivity contribution < 1.29 is 4.74 Å². The van der Waals surface area contributed by atoms with Crippen molar-refractivity contribution in [2.45, 2.75) is 18.9 Å². The minimum Gasteiger partial charge on any atom is -0.495 e. The van der Waals surface area contributed by atoms with E-state index in [0.29, 0.717) is 6.04 Å². The predicted molar refractivity (Wildman–Crippen MR) is 69.6 cm³/mol. The summed E-state index contributed by atoms with van der Waals surface area (Å²) < 4.78 is 7.85. The van der Waals surface area contributed by atoms with E-state index in [4.69, 9.17) is 4.74 Å². The van der Waals surface area contributed by atoms with Gasteiger partial charge in [0.2, 0.25) is 0 Å². The summed E-state index contributed by atoms with van der Waals surface area (Å²) in [6.07, 6.45) is 4.55. The molecule has 1 saturated heterocycles. The van der Waals surface area contributed by atoms with Crippen molar-refractivity contribution in [2.75, 3.05) is 20.2 Å². The molecule has 17 heavy (non-hydrogen) atoms. The second-order valence-electron chi connectivity index (χ2n) is 4.60. The summed E-state index contributed by atoms with van der Waals surface area (Å²) in [6.45, 7) is 2.22. The molecule has 0 aliphatic carbocycles. The SMILES string of the molecule is COc1cn(C2CCNCC2)c2ccccc12. The van der Waals surface area contributed by atoms with Crippen molar-refractivity contribution in [1.29, 1.82) is 0 Å². The van der Waals surface area contributed by atoms with Crippen molar-refractivity contribution in [3.8, 4) is 5.75 Å². The number of aromatic nitrogens is 1. The third-order valence-electron chi connectivity index (χ3n) is 3.63. The van der Waals surface area contributed by atoms with Gasteiger partial charge in [0.1, 0.15) is 5.75 Å². The van der Waals surface area contributed by atoms with Crippen molar-refractivity contribution in [2.24, 2.45) is 0 Å². The van der Waals surface area contributed by atoms with E-state index in [1.807, 2.05) is 0 Å². The number of rotatable bonds is 2. The first-order chi connectivity index (χ1) is 8.40. The van der Waals surface area contributed by atoms with E-state index >= 15 is 0 Å². The van der Waals surface area contributed by atoms with Crippen LogP contribution in [-0.4, -0.2) is 24.8 Å². The molecule has 3 nitrogen and oxygen atoms in total. The Morgan fingerprint density at radius 1 is 1.24 bits per heavy atom. The topological polar surface area (TPSA) is 26.2 Å². The van der Waals surface area contributed by atoms with Gasteiger partial charge in [-0.25, -0.2) is 0 Å². The van der Waals surface area contributed by atoms with Crippen LogP contribution < -0.4 is 10.1 Å². The average molecular weight is 230 g/mol. The highest BCUT2D eigenvalue weighted by Gasteiger charge is 2.18. The second kappa shape index (κ2) is 4.41. The molecule has 0 bridgehead atoms. The molecule has 1 N–H and O–H groups in total. The first-order valence-corrected chi connectivity index (χ1v) is 6.24. The van der Waals surface area contributed by atoms with E-state index in [2.05, 4.69) is 40.3 Å². The highest BCUT2D eigenvalue weighted by atomic mass is 16.5. The summed E-state index contributed by atoms with van der Waals surface area (Å²) in [5.41, 5.74) is 1.29. The lowest BCUT2D eigenvalue weighted by molar-refractivity contribution is 0.369. The minimum atomic E-state index is 0.602. The molecule has 1 aliphatic rings. The Labute approximate surface area is 101 Å². The van der Waals surface area contributed by atoms with Gasteiger partial charge in [-0.15, -0.1) is 0 Å². The lowest BCUT2D eigenvalue weighted by atomic mass is 10.1. The smallest absolute Gasteiger partial charge is 0.144 e. The zero-order valence-electron chi connectivity index (χ0n) is 10.1. The molecule has 2 aromatic rings. The van der Waals surface area contributed by atoms with Gasteiger partial charge in [-0.2, -0.15) is 0 Å². The van der Waals surface area contributed by atoms with Crippen LogP contribution in [0.15, 0.2) is 30.5 Å². The van der Waals surface area contributed by atoms with Crippen LogP contribution in [0.25, 0.3) is 10.9 Å². The average Bonchev–Trinajstić information content (AvgIpc) is 2.78. The lowest BCUT2D eigenvalue weighted by Crippen LogP contribution is -2.29. The summed E-state index contributed by atoms with van der Waals surface area (Å²) in [5, 5.41) is 4.62. The molecule has 0 atom stereocenters. The number of fused-ring (bicyclic) bond motifs is 1. The minimum absolute atomic E-state index is 0.602. The molecule has 1 aromatic carbocycles. The molecule has 0 amide bonds. The van der Waals surface area contributed by atoms with Crippen LogP contribution in [0.5, 0.6) is 5.75 Å². The molecule has 0 spiro atoms. The Morgan fingerprint density at radius 2 is 2.00 bits per heavy atom. The van der Waals surface area contributed by atoms with Crippen LogP contribution in [0, 0.1) is 0 Å². The monoisotopic (exact) mass is 230 g/mol. The molecule has 1 aliphatic heterocycles. The third-order valence-corrected chi connectivity index (χ3v) is 3.63. The Morgan fingerprint density at radius 3 is 2.76 bits per heavy atom.